The molecule has 1 unspecified atom stereocenters. The van der Waals surface area contributed by atoms with E-state index in [0.717, 1.165) is 5.56 Å². The maximum Gasteiger partial charge on any atom is 0.0641 e. The Labute approximate surface area is 93.4 Å². The molecule has 1 N–H and O–H groups in total. The van der Waals surface area contributed by atoms with Crippen LogP contribution in [0.1, 0.15) is 18.0 Å². The first-order valence-corrected chi connectivity index (χ1v) is 4.93. The van der Waals surface area contributed by atoms with Crippen LogP contribution in [0.3, 0.4) is 0 Å². The van der Waals surface area contributed by atoms with Gasteiger partial charge in [-0.15, -0.1) is 0 Å². The number of halogens is 2. The molecule has 2 nitrogen and oxygen atoms in total. The largest absolute Gasteiger partial charge is 0.312 e. The van der Waals surface area contributed by atoms with Crippen LogP contribution in [0.2, 0.25) is 10.0 Å². The number of rotatable bonds is 3. The van der Waals surface area contributed by atoms with Gasteiger partial charge in [0.25, 0.3) is 0 Å². The summed E-state index contributed by atoms with van der Waals surface area (Å²) in [6, 6.07) is 7.35. The molecule has 1 atom stereocenters. The van der Waals surface area contributed by atoms with Crippen molar-refractivity contribution in [1.29, 1.82) is 5.26 Å². The van der Waals surface area contributed by atoms with Crippen molar-refractivity contribution in [1.82, 2.24) is 5.32 Å². The summed E-state index contributed by atoms with van der Waals surface area (Å²) in [7, 11) is 1.80. The van der Waals surface area contributed by atoms with Gasteiger partial charge in [0.1, 0.15) is 0 Å². The topological polar surface area (TPSA) is 35.8 Å². The molecule has 0 saturated carbocycles. The molecular weight excluding hydrogens is 219 g/mol. The van der Waals surface area contributed by atoms with E-state index in [4.69, 9.17) is 28.5 Å². The number of hydrogen-bond donors (Lipinski definition) is 1. The van der Waals surface area contributed by atoms with E-state index in [2.05, 4.69) is 11.4 Å². The second-order valence-electron chi connectivity index (χ2n) is 2.87. The van der Waals surface area contributed by atoms with Gasteiger partial charge in [-0.25, -0.2) is 0 Å². The van der Waals surface area contributed by atoms with Gasteiger partial charge in [0.05, 0.1) is 12.5 Å². The summed E-state index contributed by atoms with van der Waals surface area (Å²) in [5.74, 6) is 0. The number of nitrogens with zero attached hydrogens (tertiary/aromatic N) is 1. The average molecular weight is 229 g/mol. The van der Waals surface area contributed by atoms with E-state index in [-0.39, 0.29) is 6.04 Å². The average Bonchev–Trinajstić information content (AvgIpc) is 2.15. The van der Waals surface area contributed by atoms with Crippen LogP contribution >= 0.6 is 23.2 Å². The maximum atomic E-state index is 8.62. The van der Waals surface area contributed by atoms with E-state index in [1.807, 2.05) is 6.07 Å². The molecule has 0 aliphatic heterocycles. The molecule has 0 spiro atoms. The molecule has 0 radical (unpaired) electrons. The number of benzene rings is 1. The molecule has 74 valence electrons. The molecule has 0 fully saturated rings. The van der Waals surface area contributed by atoms with Gasteiger partial charge in [0.2, 0.25) is 0 Å². The monoisotopic (exact) mass is 228 g/mol. The summed E-state index contributed by atoms with van der Waals surface area (Å²) in [4.78, 5) is 0. The second kappa shape index (κ2) is 5.21. The van der Waals surface area contributed by atoms with Crippen molar-refractivity contribution in [3.63, 3.8) is 0 Å². The highest BCUT2D eigenvalue weighted by atomic mass is 35.5. The highest BCUT2D eigenvalue weighted by Gasteiger charge is 2.12. The van der Waals surface area contributed by atoms with Crippen molar-refractivity contribution >= 4 is 23.2 Å². The Kier molecular flexibility index (Phi) is 4.21. The summed E-state index contributed by atoms with van der Waals surface area (Å²) in [6.45, 7) is 0. The SMILES string of the molecule is CNC(CC#N)c1ccc(Cl)cc1Cl. The zero-order valence-corrected chi connectivity index (χ0v) is 9.23. The van der Waals surface area contributed by atoms with E-state index in [9.17, 15) is 0 Å². The van der Waals surface area contributed by atoms with Gasteiger partial charge in [-0.3, -0.25) is 0 Å². The van der Waals surface area contributed by atoms with E-state index < -0.39 is 0 Å². The molecule has 1 aromatic carbocycles. The van der Waals surface area contributed by atoms with E-state index in [0.29, 0.717) is 16.5 Å². The predicted octanol–water partition coefficient (Wildman–Crippen LogP) is 3.17. The van der Waals surface area contributed by atoms with E-state index in [1.54, 1.807) is 19.2 Å². The fourth-order valence-corrected chi connectivity index (χ4v) is 1.78. The zero-order chi connectivity index (χ0) is 10.6. The minimum absolute atomic E-state index is 0.0373. The lowest BCUT2D eigenvalue weighted by atomic mass is 10.0. The third-order valence-corrected chi connectivity index (χ3v) is 2.54. The first-order valence-electron chi connectivity index (χ1n) is 4.18. The van der Waals surface area contributed by atoms with Crippen molar-refractivity contribution in [3.8, 4) is 6.07 Å². The van der Waals surface area contributed by atoms with Crippen molar-refractivity contribution in [2.24, 2.45) is 0 Å². The van der Waals surface area contributed by atoms with Gasteiger partial charge in [0.15, 0.2) is 0 Å². The molecule has 0 bridgehead atoms. The second-order valence-corrected chi connectivity index (χ2v) is 3.71. The third-order valence-electron chi connectivity index (χ3n) is 1.98. The molecule has 0 aromatic heterocycles. The molecule has 14 heavy (non-hydrogen) atoms. The van der Waals surface area contributed by atoms with Crippen LogP contribution in [0.15, 0.2) is 18.2 Å². The van der Waals surface area contributed by atoms with E-state index in [1.165, 1.54) is 0 Å². The highest BCUT2D eigenvalue weighted by Crippen LogP contribution is 2.27. The van der Waals surface area contributed by atoms with Crippen molar-refractivity contribution in [3.05, 3.63) is 33.8 Å². The quantitative estimate of drug-likeness (QED) is 0.863. The summed E-state index contributed by atoms with van der Waals surface area (Å²) in [5.41, 5.74) is 0.903. The van der Waals surface area contributed by atoms with Crippen LogP contribution in [0.4, 0.5) is 0 Å². The van der Waals surface area contributed by atoms with Crippen LogP contribution in [0.25, 0.3) is 0 Å². The van der Waals surface area contributed by atoms with Crippen molar-refractivity contribution < 1.29 is 0 Å². The number of nitriles is 1. The van der Waals surface area contributed by atoms with Gasteiger partial charge in [-0.2, -0.15) is 5.26 Å². The normalized spacial score (nSPS) is 12.1. The number of hydrogen-bond acceptors (Lipinski definition) is 2. The molecule has 1 rings (SSSR count). The van der Waals surface area contributed by atoms with Gasteiger partial charge in [0, 0.05) is 16.1 Å². The maximum absolute atomic E-state index is 8.62. The van der Waals surface area contributed by atoms with Gasteiger partial charge < -0.3 is 5.32 Å². The summed E-state index contributed by atoms with van der Waals surface area (Å²) in [5, 5.41) is 12.8. The molecule has 4 heteroatoms. The van der Waals surface area contributed by atoms with E-state index >= 15 is 0 Å². The minimum Gasteiger partial charge on any atom is -0.312 e. The lowest BCUT2D eigenvalue weighted by Gasteiger charge is -2.14. The lowest BCUT2D eigenvalue weighted by molar-refractivity contribution is 0.609. The lowest BCUT2D eigenvalue weighted by Crippen LogP contribution is -2.15. The molecular formula is C10H10Cl2N2. The predicted molar refractivity (Wildman–Crippen MR) is 58.5 cm³/mol. The van der Waals surface area contributed by atoms with Crippen LogP contribution in [0.5, 0.6) is 0 Å². The summed E-state index contributed by atoms with van der Waals surface area (Å²) in [6.07, 6.45) is 0.387. The fourth-order valence-electron chi connectivity index (χ4n) is 1.24. The van der Waals surface area contributed by atoms with Crippen molar-refractivity contribution in [2.75, 3.05) is 7.05 Å². The molecule has 1 aromatic rings. The first kappa shape index (κ1) is 11.3. The van der Waals surface area contributed by atoms with Gasteiger partial charge in [-0.1, -0.05) is 29.3 Å². The molecule has 0 aliphatic rings. The Balaban J connectivity index is 2.99. The summed E-state index contributed by atoms with van der Waals surface area (Å²) >= 11 is 11.8. The standard InChI is InChI=1S/C10H10Cl2N2/c1-14-10(4-5-13)8-3-2-7(11)6-9(8)12/h2-3,6,10,14H,4H2,1H3. The first-order chi connectivity index (χ1) is 6.69. The highest BCUT2D eigenvalue weighted by molar-refractivity contribution is 6.35. The van der Waals surface area contributed by atoms with Gasteiger partial charge >= 0.3 is 0 Å². The Morgan fingerprint density at radius 1 is 1.50 bits per heavy atom. The smallest absolute Gasteiger partial charge is 0.0641 e. The Morgan fingerprint density at radius 3 is 2.71 bits per heavy atom. The molecule has 0 aliphatic carbocycles. The van der Waals surface area contributed by atoms with Crippen LogP contribution in [-0.4, -0.2) is 7.05 Å². The third kappa shape index (κ3) is 2.62. The van der Waals surface area contributed by atoms with Gasteiger partial charge in [-0.05, 0) is 24.7 Å². The number of nitrogens with one attached hydrogen (secondary N) is 1. The van der Waals surface area contributed by atoms with Crippen LogP contribution in [0, 0.1) is 11.3 Å². The molecule has 0 amide bonds. The fraction of sp³-hybridized carbons (Fsp3) is 0.300. The Hall–Kier alpha value is -0.750. The zero-order valence-electron chi connectivity index (χ0n) is 7.72. The minimum atomic E-state index is -0.0373. The molecule has 0 heterocycles. The van der Waals surface area contributed by atoms with Crippen molar-refractivity contribution in [2.45, 2.75) is 12.5 Å². The Bertz CT molecular complexity index is 358. The van der Waals surface area contributed by atoms with Crippen LogP contribution < -0.4 is 5.32 Å². The molecule has 0 saturated heterocycles. The van der Waals surface area contributed by atoms with Crippen LogP contribution in [-0.2, 0) is 0 Å². The summed E-state index contributed by atoms with van der Waals surface area (Å²) < 4.78 is 0. The Morgan fingerprint density at radius 2 is 2.21 bits per heavy atom.